The van der Waals surface area contributed by atoms with E-state index in [1.165, 1.54) is 0 Å². The van der Waals surface area contributed by atoms with Gasteiger partial charge in [-0.2, -0.15) is 0 Å². The Morgan fingerprint density at radius 2 is 2.19 bits per heavy atom. The molecule has 0 bridgehead atoms. The number of amides is 1. The van der Waals surface area contributed by atoms with Gasteiger partial charge in [-0.1, -0.05) is 9.61 Å². The number of carbonyl (C=O) groups excluding carboxylic acids is 1. The van der Waals surface area contributed by atoms with Gasteiger partial charge in [0.25, 0.3) is 0 Å². The first kappa shape index (κ1) is 14.7. The summed E-state index contributed by atoms with van der Waals surface area (Å²) in [6, 6.07) is 3.28. The lowest BCUT2D eigenvalue weighted by atomic mass is 9.92. The van der Waals surface area contributed by atoms with Crippen molar-refractivity contribution in [3.05, 3.63) is 28.4 Å². The fourth-order valence-corrected chi connectivity index (χ4v) is 1.81. The minimum Gasteiger partial charge on any atom is -0.366 e. The molecule has 2 rings (SSSR count). The van der Waals surface area contributed by atoms with Crippen molar-refractivity contribution >= 4 is 23.2 Å². The van der Waals surface area contributed by atoms with Crippen LogP contribution in [0.25, 0.3) is 5.65 Å². The van der Waals surface area contributed by atoms with Crippen molar-refractivity contribution in [2.45, 2.75) is 13.8 Å². The average molecular weight is 292 g/mol. The quantitative estimate of drug-likeness (QED) is 0.623. The van der Waals surface area contributed by atoms with E-state index in [2.05, 4.69) is 20.7 Å². The Labute approximate surface area is 120 Å². The number of rotatable bonds is 5. The molecule has 2 heterocycles. The van der Waals surface area contributed by atoms with E-state index in [4.69, 9.17) is 0 Å². The number of carbonyl (C=O) groups is 1. The molecule has 0 spiro atoms. The number of fused-ring (bicyclic) bond motifs is 1. The maximum Gasteiger partial charge on any atom is 0.368 e. The first-order valence-corrected chi connectivity index (χ1v) is 6.30. The molecular weight excluding hydrogens is 276 g/mol. The Kier molecular flexibility index (Phi) is 3.74. The summed E-state index contributed by atoms with van der Waals surface area (Å²) in [7, 11) is 1.57. The summed E-state index contributed by atoms with van der Waals surface area (Å²) >= 11 is 0. The van der Waals surface area contributed by atoms with Crippen LogP contribution >= 0.6 is 0 Å². The van der Waals surface area contributed by atoms with Crippen molar-refractivity contribution < 1.29 is 9.72 Å². The lowest BCUT2D eigenvalue weighted by Gasteiger charge is -2.22. The van der Waals surface area contributed by atoms with Gasteiger partial charge in [-0.05, 0) is 24.8 Å². The molecule has 0 atom stereocenters. The number of nitrogens with one attached hydrogen (secondary N) is 2. The molecule has 0 aliphatic carbocycles. The number of nitro groups is 1. The highest BCUT2D eigenvalue weighted by Crippen LogP contribution is 2.18. The summed E-state index contributed by atoms with van der Waals surface area (Å²) in [5.41, 5.74) is -0.246. The van der Waals surface area contributed by atoms with Crippen LogP contribution in [0, 0.1) is 15.5 Å². The van der Waals surface area contributed by atoms with Crippen molar-refractivity contribution in [2.75, 3.05) is 18.9 Å². The van der Waals surface area contributed by atoms with Gasteiger partial charge in [0.15, 0.2) is 5.82 Å². The van der Waals surface area contributed by atoms with Gasteiger partial charge in [0.05, 0.1) is 5.41 Å². The van der Waals surface area contributed by atoms with Gasteiger partial charge >= 0.3 is 5.82 Å². The van der Waals surface area contributed by atoms with Crippen LogP contribution < -0.4 is 10.6 Å². The molecule has 112 valence electrons. The van der Waals surface area contributed by atoms with Crippen LogP contribution in [0.3, 0.4) is 0 Å². The third-order valence-electron chi connectivity index (χ3n) is 3.08. The third kappa shape index (κ3) is 2.91. The minimum absolute atomic E-state index is 0.107. The topological polar surface area (TPSA) is 114 Å². The number of anilines is 1. The standard InChI is InChI=1S/C12H16N6O3/c1-12(2,11(19)13-3)7-15-8-4-5-9-14-6-10(18(20)21)17(9)16-8/h4-6H,7H2,1-3H3,(H,13,19)(H,15,16). The zero-order valence-corrected chi connectivity index (χ0v) is 12.0. The van der Waals surface area contributed by atoms with E-state index in [1.807, 2.05) is 0 Å². The van der Waals surface area contributed by atoms with Crippen molar-refractivity contribution in [2.24, 2.45) is 5.41 Å². The molecule has 2 aromatic rings. The predicted octanol–water partition coefficient (Wildman–Crippen LogP) is 0.822. The van der Waals surface area contributed by atoms with Gasteiger partial charge < -0.3 is 20.7 Å². The van der Waals surface area contributed by atoms with E-state index in [0.717, 1.165) is 10.7 Å². The maximum atomic E-state index is 11.7. The summed E-state index contributed by atoms with van der Waals surface area (Å²) in [4.78, 5) is 25.9. The van der Waals surface area contributed by atoms with Crippen LogP contribution in [0.1, 0.15) is 13.8 Å². The van der Waals surface area contributed by atoms with Crippen molar-refractivity contribution in [1.82, 2.24) is 19.9 Å². The zero-order chi connectivity index (χ0) is 15.6. The molecule has 21 heavy (non-hydrogen) atoms. The largest absolute Gasteiger partial charge is 0.368 e. The molecule has 1 amide bonds. The number of hydrogen-bond acceptors (Lipinski definition) is 6. The second-order valence-corrected chi connectivity index (χ2v) is 5.18. The second-order valence-electron chi connectivity index (χ2n) is 5.18. The van der Waals surface area contributed by atoms with Crippen molar-refractivity contribution in [3.8, 4) is 0 Å². The van der Waals surface area contributed by atoms with E-state index < -0.39 is 10.3 Å². The van der Waals surface area contributed by atoms with E-state index in [-0.39, 0.29) is 11.7 Å². The Balaban J connectivity index is 2.22. The molecule has 2 N–H and O–H groups in total. The highest BCUT2D eigenvalue weighted by atomic mass is 16.6. The van der Waals surface area contributed by atoms with Crippen LogP contribution in [-0.2, 0) is 4.79 Å². The first-order valence-electron chi connectivity index (χ1n) is 6.30. The van der Waals surface area contributed by atoms with Gasteiger partial charge in [-0.3, -0.25) is 4.79 Å². The number of nitrogens with zero attached hydrogens (tertiary/aromatic N) is 4. The fraction of sp³-hybridized carbons (Fsp3) is 0.417. The summed E-state index contributed by atoms with van der Waals surface area (Å²) < 4.78 is 1.15. The second kappa shape index (κ2) is 5.35. The van der Waals surface area contributed by atoms with E-state index in [9.17, 15) is 14.9 Å². The van der Waals surface area contributed by atoms with Crippen LogP contribution in [0.4, 0.5) is 11.6 Å². The van der Waals surface area contributed by atoms with Gasteiger partial charge in [-0.15, -0.1) is 0 Å². The zero-order valence-electron chi connectivity index (χ0n) is 12.0. The Bertz CT molecular complexity index is 693. The highest BCUT2D eigenvalue weighted by Gasteiger charge is 2.26. The molecule has 2 aromatic heterocycles. The molecule has 0 fully saturated rings. The Morgan fingerprint density at radius 1 is 1.48 bits per heavy atom. The first-order chi connectivity index (χ1) is 9.85. The van der Waals surface area contributed by atoms with Crippen molar-refractivity contribution in [3.63, 3.8) is 0 Å². The molecule has 0 aliphatic heterocycles. The molecular formula is C12H16N6O3. The maximum absolute atomic E-state index is 11.7. The predicted molar refractivity (Wildman–Crippen MR) is 76.0 cm³/mol. The Morgan fingerprint density at radius 3 is 2.81 bits per heavy atom. The normalized spacial score (nSPS) is 11.4. The molecule has 9 heteroatoms. The summed E-state index contributed by atoms with van der Waals surface area (Å²) in [5.74, 6) is 0.115. The van der Waals surface area contributed by atoms with E-state index in [0.29, 0.717) is 18.0 Å². The Hall–Kier alpha value is -2.71. The third-order valence-corrected chi connectivity index (χ3v) is 3.08. The summed E-state index contributed by atoms with van der Waals surface area (Å²) in [6.07, 6.45) is 1.15. The van der Waals surface area contributed by atoms with E-state index >= 15 is 0 Å². The van der Waals surface area contributed by atoms with Gasteiger partial charge in [0.1, 0.15) is 6.20 Å². The highest BCUT2D eigenvalue weighted by molar-refractivity contribution is 5.82. The lowest BCUT2D eigenvalue weighted by molar-refractivity contribution is -0.391. The molecule has 0 aromatic carbocycles. The van der Waals surface area contributed by atoms with Crippen LogP contribution in [0.15, 0.2) is 18.3 Å². The minimum atomic E-state index is -0.633. The molecule has 0 aliphatic rings. The SMILES string of the molecule is CNC(=O)C(C)(C)CNc1ccc2ncc([N+](=O)[O-])n2n1. The van der Waals surface area contributed by atoms with Crippen LogP contribution in [-0.4, -0.2) is 39.0 Å². The van der Waals surface area contributed by atoms with Crippen LogP contribution in [0.2, 0.25) is 0 Å². The monoisotopic (exact) mass is 292 g/mol. The van der Waals surface area contributed by atoms with Crippen molar-refractivity contribution in [1.29, 1.82) is 0 Å². The number of aromatic nitrogens is 3. The lowest BCUT2D eigenvalue weighted by Crippen LogP contribution is -2.39. The number of hydrogen-bond donors (Lipinski definition) is 2. The molecule has 0 saturated carbocycles. The number of imidazole rings is 1. The summed E-state index contributed by atoms with van der Waals surface area (Å²) in [6.45, 7) is 3.92. The molecule has 9 nitrogen and oxygen atoms in total. The molecule has 0 unspecified atom stereocenters. The van der Waals surface area contributed by atoms with Gasteiger partial charge in [-0.25, -0.2) is 4.98 Å². The average Bonchev–Trinajstić information content (AvgIpc) is 2.87. The fourth-order valence-electron chi connectivity index (χ4n) is 1.81. The van der Waals surface area contributed by atoms with Crippen LogP contribution in [0.5, 0.6) is 0 Å². The van der Waals surface area contributed by atoms with Gasteiger partial charge in [0, 0.05) is 19.7 Å². The van der Waals surface area contributed by atoms with E-state index in [1.54, 1.807) is 33.0 Å². The molecule has 0 saturated heterocycles. The summed E-state index contributed by atoms with van der Waals surface area (Å²) in [5, 5.41) is 20.6. The van der Waals surface area contributed by atoms with Gasteiger partial charge in [0.2, 0.25) is 11.6 Å². The smallest absolute Gasteiger partial charge is 0.366 e. The molecule has 0 radical (unpaired) electrons.